The number of carboxylic acid groups (broad SMARTS) is 1. The molecule has 2 aliphatic carbocycles. The highest BCUT2D eigenvalue weighted by Gasteiger charge is 2.71. The number of alkyl halides is 3. The number of likely N-dealkylation sites (N-methyl/N-ethyl adjacent to an activating group) is 1. The largest absolute Gasteiger partial charge is 0.489 e. The minimum absolute atomic E-state index is 0.0121. The van der Waals surface area contributed by atoms with Gasteiger partial charge < -0.3 is 24.8 Å². The Bertz CT molecular complexity index is 2260. The smallest absolute Gasteiger partial charge is 0.408 e. The summed E-state index contributed by atoms with van der Waals surface area (Å²) in [6.07, 6.45) is 4.15. The number of anilines is 1. The maximum atomic E-state index is 17.9. The van der Waals surface area contributed by atoms with Crippen LogP contribution in [0.1, 0.15) is 92.4 Å². The fourth-order valence-electron chi connectivity index (χ4n) is 9.46. The Hall–Kier alpha value is -4.81. The average Bonchev–Trinajstić information content (AvgIpc) is 4.15. The van der Waals surface area contributed by atoms with Crippen molar-refractivity contribution in [3.8, 4) is 11.6 Å². The molecule has 19 heteroatoms. The zero-order valence-corrected chi connectivity index (χ0v) is 36.8. The van der Waals surface area contributed by atoms with Crippen LogP contribution in [0.25, 0.3) is 10.8 Å². The van der Waals surface area contributed by atoms with Gasteiger partial charge in [0.05, 0.1) is 12.2 Å². The van der Waals surface area contributed by atoms with Crippen molar-refractivity contribution in [2.45, 2.75) is 132 Å². The summed E-state index contributed by atoms with van der Waals surface area (Å²) >= 11 is 0. The number of sulfonamides is 1. The topological polar surface area (TPSA) is 188 Å². The van der Waals surface area contributed by atoms with Crippen molar-refractivity contribution in [2.75, 3.05) is 31.8 Å². The molecule has 0 spiro atoms. The summed E-state index contributed by atoms with van der Waals surface area (Å²) in [7, 11) is -2.67. The van der Waals surface area contributed by atoms with E-state index in [1.807, 2.05) is 23.6 Å². The van der Waals surface area contributed by atoms with Crippen molar-refractivity contribution >= 4 is 50.3 Å². The molecular formula is C43H57F3N6O9S. The highest BCUT2D eigenvalue weighted by Crippen LogP contribution is 2.52. The number of carbonyl (C=O) groups is 4. The SMILES string of the molecule is CCC(C)N(C(=O)O)[C@@H]1C(=O)N2[C@@H](C[C@@](C)(Oc3nccc4c5c(ccc34)N(C)CCO5)C2(F)F)C(=O)N[C@]2(C(=O)NS(=O)(=O)C3(CF)CC3)C[C@H]2/C=C\CC[C@@H](C)C[C@H]1CC. The van der Waals surface area contributed by atoms with Crippen molar-refractivity contribution in [1.29, 1.82) is 0 Å². The minimum Gasteiger partial charge on any atom is -0.489 e. The lowest BCUT2D eigenvalue weighted by Crippen LogP contribution is -2.65. The van der Waals surface area contributed by atoms with E-state index in [1.165, 1.54) is 6.20 Å². The number of hydrogen-bond donors (Lipinski definition) is 3. The molecule has 1 unspecified atom stereocenters. The van der Waals surface area contributed by atoms with Gasteiger partial charge in [0.2, 0.25) is 21.8 Å². The number of fused-ring (bicyclic) bond motifs is 5. The quantitative estimate of drug-likeness (QED) is 0.194. The first-order valence-corrected chi connectivity index (χ1v) is 23.0. The van der Waals surface area contributed by atoms with Crippen LogP contribution < -0.4 is 24.4 Å². The van der Waals surface area contributed by atoms with Gasteiger partial charge in [-0.05, 0) is 88.8 Å². The first kappa shape index (κ1) is 45.2. The van der Waals surface area contributed by atoms with E-state index in [9.17, 15) is 32.3 Å². The molecule has 1 aromatic carbocycles. The van der Waals surface area contributed by atoms with Gasteiger partial charge in [-0.3, -0.25) is 28.9 Å². The monoisotopic (exact) mass is 890 g/mol. The molecule has 1 aromatic heterocycles. The standard InChI is InChI=1S/C43H57F3N6O9S/c1-7-26(4)51(39(56)57)33-27(8-2)21-25(3)11-9-10-12-28-22-42(28,38(55)49-62(58,59)41(24-44)16-17-41)48-35(53)32-23-40(5,43(45,46)52(32)37(33)54)61-36-30-13-14-31-34(29(30)15-18-47-36)60-20-19-50(31)6/h10,12-15,18,25-28,32-33H,7-9,11,16-17,19-24H2,1-6H3,(H,48,53)(H,49,55)(H,56,57)/b12-10-/t25-,26?,27-,28-,32+,33+,40-,42-/m1/s1. The van der Waals surface area contributed by atoms with Gasteiger partial charge in [-0.25, -0.2) is 22.6 Å². The van der Waals surface area contributed by atoms with Crippen LogP contribution in [0, 0.1) is 17.8 Å². The zero-order valence-electron chi connectivity index (χ0n) is 36.0. The average molecular weight is 891 g/mol. The number of rotatable bonds is 10. The van der Waals surface area contributed by atoms with Gasteiger partial charge in [0, 0.05) is 42.4 Å². The second-order valence-electron chi connectivity index (χ2n) is 18.1. The number of ether oxygens (including phenoxy) is 2. The zero-order chi connectivity index (χ0) is 45.2. The van der Waals surface area contributed by atoms with E-state index in [0.717, 1.165) is 17.5 Å². The molecule has 4 amide bonds. The van der Waals surface area contributed by atoms with E-state index in [-0.39, 0.29) is 55.2 Å². The van der Waals surface area contributed by atoms with Gasteiger partial charge in [0.1, 0.15) is 35.7 Å². The molecule has 5 aliphatic rings. The van der Waals surface area contributed by atoms with Gasteiger partial charge >= 0.3 is 12.1 Å². The summed E-state index contributed by atoms with van der Waals surface area (Å²) in [5, 5.41) is 14.1. The second kappa shape index (κ2) is 16.4. The molecule has 3 N–H and O–H groups in total. The van der Waals surface area contributed by atoms with Crippen molar-refractivity contribution in [2.24, 2.45) is 17.8 Å². The van der Waals surface area contributed by atoms with E-state index < -0.39 is 98.8 Å². The Labute approximate surface area is 359 Å². The molecule has 62 heavy (non-hydrogen) atoms. The Morgan fingerprint density at radius 1 is 1.16 bits per heavy atom. The number of hydrogen-bond acceptors (Lipinski definition) is 10. The van der Waals surface area contributed by atoms with Crippen LogP contribution in [0.5, 0.6) is 11.6 Å². The number of nitrogens with one attached hydrogen (secondary N) is 2. The summed E-state index contributed by atoms with van der Waals surface area (Å²) in [6.45, 7) is 7.78. The van der Waals surface area contributed by atoms with E-state index >= 15 is 13.6 Å². The van der Waals surface area contributed by atoms with Crippen molar-refractivity contribution in [3.63, 3.8) is 0 Å². The van der Waals surface area contributed by atoms with Crippen LogP contribution >= 0.6 is 0 Å². The van der Waals surface area contributed by atoms with Crippen LogP contribution in [-0.2, 0) is 24.4 Å². The molecule has 7 rings (SSSR count). The highest BCUT2D eigenvalue weighted by atomic mass is 32.2. The maximum Gasteiger partial charge on any atom is 0.408 e. The van der Waals surface area contributed by atoms with E-state index in [0.29, 0.717) is 42.5 Å². The lowest BCUT2D eigenvalue weighted by Gasteiger charge is -2.43. The molecule has 3 fully saturated rings. The molecule has 3 aliphatic heterocycles. The third-order valence-electron chi connectivity index (χ3n) is 13.9. The van der Waals surface area contributed by atoms with Gasteiger partial charge in [-0.15, -0.1) is 0 Å². The number of carbonyl (C=O) groups excluding carboxylic acids is 3. The summed E-state index contributed by atoms with van der Waals surface area (Å²) in [4.78, 5) is 64.6. The molecule has 15 nitrogen and oxygen atoms in total. The molecule has 4 heterocycles. The van der Waals surface area contributed by atoms with Gasteiger partial charge in [-0.2, -0.15) is 8.78 Å². The number of benzene rings is 1. The molecule has 340 valence electrons. The van der Waals surface area contributed by atoms with Gasteiger partial charge in [-0.1, -0.05) is 39.3 Å². The fourth-order valence-corrected chi connectivity index (χ4v) is 10.9. The Balaban J connectivity index is 1.35. The first-order valence-electron chi connectivity index (χ1n) is 21.5. The lowest BCUT2D eigenvalue weighted by molar-refractivity contribution is -0.219. The lowest BCUT2D eigenvalue weighted by atomic mass is 9.83. The minimum atomic E-state index is -4.55. The van der Waals surface area contributed by atoms with Crippen LogP contribution in [0.3, 0.4) is 0 Å². The van der Waals surface area contributed by atoms with Gasteiger partial charge in [0.25, 0.3) is 11.8 Å². The number of aromatic nitrogens is 1. The Morgan fingerprint density at radius 3 is 2.53 bits per heavy atom. The second-order valence-corrected chi connectivity index (χ2v) is 20.2. The van der Waals surface area contributed by atoms with E-state index in [1.54, 1.807) is 51.1 Å². The Morgan fingerprint density at radius 2 is 1.89 bits per heavy atom. The van der Waals surface area contributed by atoms with Crippen molar-refractivity contribution in [3.05, 3.63) is 36.5 Å². The highest BCUT2D eigenvalue weighted by molar-refractivity contribution is 7.91. The number of pyridine rings is 1. The van der Waals surface area contributed by atoms with Crippen molar-refractivity contribution in [1.82, 2.24) is 24.8 Å². The predicted octanol–water partition coefficient (Wildman–Crippen LogP) is 5.77. The first-order chi connectivity index (χ1) is 29.2. The number of allylic oxidation sites excluding steroid dienone is 1. The molecule has 2 saturated carbocycles. The normalized spacial score (nSPS) is 31.5. The molecule has 1 saturated heterocycles. The van der Waals surface area contributed by atoms with E-state index in [4.69, 9.17) is 9.47 Å². The number of nitrogens with zero attached hydrogens (tertiary/aromatic N) is 4. The molecule has 8 atom stereocenters. The molecule has 0 bridgehead atoms. The van der Waals surface area contributed by atoms with Crippen LogP contribution in [0.2, 0.25) is 0 Å². The molecule has 2 aromatic rings. The third kappa shape index (κ3) is 7.58. The van der Waals surface area contributed by atoms with Crippen LogP contribution in [0.15, 0.2) is 36.5 Å². The summed E-state index contributed by atoms with van der Waals surface area (Å²) in [5.41, 5.74) is -3.88. The fraction of sp³-hybridized carbons (Fsp3) is 0.651. The Kier molecular flexibility index (Phi) is 12.0. The van der Waals surface area contributed by atoms with Crippen LogP contribution in [0.4, 0.5) is 23.7 Å². The molecule has 0 radical (unpaired) electrons. The summed E-state index contributed by atoms with van der Waals surface area (Å²) < 4.78 is 88.7. The summed E-state index contributed by atoms with van der Waals surface area (Å²) in [6, 6.07) is -3.79. The van der Waals surface area contributed by atoms with E-state index in [2.05, 4.69) is 10.3 Å². The van der Waals surface area contributed by atoms with Crippen molar-refractivity contribution < 1.29 is 55.3 Å². The number of amides is 4. The molecular weight excluding hydrogens is 834 g/mol. The van der Waals surface area contributed by atoms with Gasteiger partial charge in [0.15, 0.2) is 11.4 Å². The third-order valence-corrected chi connectivity index (χ3v) is 16.1. The maximum absolute atomic E-state index is 17.9. The predicted molar refractivity (Wildman–Crippen MR) is 223 cm³/mol. The van der Waals surface area contributed by atoms with Crippen LogP contribution in [-0.4, -0.2) is 119 Å². The summed E-state index contributed by atoms with van der Waals surface area (Å²) in [5.74, 6) is -5.08. The number of halogens is 3.